The van der Waals surface area contributed by atoms with Crippen molar-refractivity contribution in [2.24, 2.45) is 0 Å². The van der Waals surface area contributed by atoms with E-state index in [2.05, 4.69) is 10.3 Å². The van der Waals surface area contributed by atoms with Gasteiger partial charge in [0.2, 0.25) is 0 Å². The summed E-state index contributed by atoms with van der Waals surface area (Å²) in [7, 11) is 1.82. The van der Waals surface area contributed by atoms with Crippen LogP contribution in [0.25, 0.3) is 0 Å². The second-order valence-electron chi connectivity index (χ2n) is 3.67. The highest BCUT2D eigenvalue weighted by molar-refractivity contribution is 6.30. The Balaban J connectivity index is 2.31. The van der Waals surface area contributed by atoms with Gasteiger partial charge in [0.25, 0.3) is 0 Å². The fraction of sp³-hybridized carbons (Fsp3) is 0.154. The summed E-state index contributed by atoms with van der Waals surface area (Å²) in [5.74, 6) is 0.0271. The highest BCUT2D eigenvalue weighted by Gasteiger charge is 2.10. The van der Waals surface area contributed by atoms with Gasteiger partial charge in [0.1, 0.15) is 5.75 Å². The Bertz CT molecular complexity index is 548. The maximum atomic E-state index is 13.7. The summed E-state index contributed by atoms with van der Waals surface area (Å²) in [4.78, 5) is 3.97. The molecule has 3 nitrogen and oxygen atoms in total. The van der Waals surface area contributed by atoms with Crippen molar-refractivity contribution in [2.45, 2.75) is 6.54 Å². The average Bonchev–Trinajstić information content (AvgIpc) is 2.37. The molecule has 0 saturated carbocycles. The highest BCUT2D eigenvalue weighted by Crippen LogP contribution is 2.30. The van der Waals surface area contributed by atoms with Crippen LogP contribution < -0.4 is 10.1 Å². The van der Waals surface area contributed by atoms with E-state index >= 15 is 0 Å². The van der Waals surface area contributed by atoms with Crippen LogP contribution in [0.15, 0.2) is 36.7 Å². The van der Waals surface area contributed by atoms with Crippen molar-refractivity contribution in [3.63, 3.8) is 0 Å². The van der Waals surface area contributed by atoms with Crippen molar-refractivity contribution in [3.8, 4) is 11.5 Å². The minimum atomic E-state index is -0.571. The summed E-state index contributed by atoms with van der Waals surface area (Å²) in [5, 5.41) is 3.04. The SMILES string of the molecule is CNCc1ccncc1Oc1cccc(Cl)c1F. The van der Waals surface area contributed by atoms with Crippen LogP contribution in [0, 0.1) is 5.82 Å². The van der Waals surface area contributed by atoms with Crippen LogP contribution in [0.3, 0.4) is 0 Å². The molecular formula is C13H12ClFN2O. The van der Waals surface area contributed by atoms with Crippen molar-refractivity contribution < 1.29 is 9.13 Å². The van der Waals surface area contributed by atoms with Crippen LogP contribution in [-0.4, -0.2) is 12.0 Å². The van der Waals surface area contributed by atoms with Gasteiger partial charge in [-0.15, -0.1) is 0 Å². The van der Waals surface area contributed by atoms with Crippen LogP contribution in [0.1, 0.15) is 5.56 Å². The molecule has 0 aliphatic carbocycles. The first-order valence-corrected chi connectivity index (χ1v) is 5.79. The van der Waals surface area contributed by atoms with Gasteiger partial charge in [-0.05, 0) is 25.2 Å². The number of halogens is 2. The Morgan fingerprint density at radius 1 is 1.33 bits per heavy atom. The van der Waals surface area contributed by atoms with E-state index in [1.54, 1.807) is 18.5 Å². The first kappa shape index (κ1) is 12.8. The fourth-order valence-electron chi connectivity index (χ4n) is 1.52. The highest BCUT2D eigenvalue weighted by atomic mass is 35.5. The van der Waals surface area contributed by atoms with E-state index in [4.69, 9.17) is 16.3 Å². The van der Waals surface area contributed by atoms with Crippen molar-refractivity contribution in [1.82, 2.24) is 10.3 Å². The maximum absolute atomic E-state index is 13.7. The molecule has 0 atom stereocenters. The quantitative estimate of drug-likeness (QED) is 0.921. The Hall–Kier alpha value is -1.65. The minimum Gasteiger partial charge on any atom is -0.452 e. The number of hydrogen-bond donors (Lipinski definition) is 1. The Morgan fingerprint density at radius 3 is 2.94 bits per heavy atom. The molecule has 5 heteroatoms. The molecule has 2 aromatic rings. The number of nitrogens with zero attached hydrogens (tertiary/aromatic N) is 1. The van der Waals surface area contributed by atoms with Crippen LogP contribution in [0.2, 0.25) is 5.02 Å². The molecule has 0 radical (unpaired) electrons. The van der Waals surface area contributed by atoms with E-state index in [1.807, 2.05) is 13.1 Å². The lowest BCUT2D eigenvalue weighted by atomic mass is 10.2. The zero-order valence-electron chi connectivity index (χ0n) is 9.78. The first-order valence-electron chi connectivity index (χ1n) is 5.41. The van der Waals surface area contributed by atoms with Gasteiger partial charge in [0, 0.05) is 18.3 Å². The number of nitrogens with one attached hydrogen (secondary N) is 1. The summed E-state index contributed by atoms with van der Waals surface area (Å²) < 4.78 is 19.2. The Kier molecular flexibility index (Phi) is 4.12. The third-order valence-corrected chi connectivity index (χ3v) is 2.67. The largest absolute Gasteiger partial charge is 0.452 e. The molecule has 0 aliphatic rings. The van der Waals surface area contributed by atoms with E-state index in [0.29, 0.717) is 12.3 Å². The Labute approximate surface area is 110 Å². The third-order valence-electron chi connectivity index (χ3n) is 2.37. The predicted octanol–water partition coefficient (Wildman–Crippen LogP) is 3.39. The summed E-state index contributed by atoms with van der Waals surface area (Å²) in [6.45, 7) is 0.611. The summed E-state index contributed by atoms with van der Waals surface area (Å²) in [6.07, 6.45) is 3.21. The lowest BCUT2D eigenvalue weighted by Crippen LogP contribution is -2.06. The van der Waals surface area contributed by atoms with E-state index in [0.717, 1.165) is 5.56 Å². The summed E-state index contributed by atoms with van der Waals surface area (Å²) in [6, 6.07) is 6.45. The smallest absolute Gasteiger partial charge is 0.184 e. The van der Waals surface area contributed by atoms with Crippen molar-refractivity contribution in [1.29, 1.82) is 0 Å². The lowest BCUT2D eigenvalue weighted by Gasteiger charge is -2.11. The summed E-state index contributed by atoms with van der Waals surface area (Å²) in [5.41, 5.74) is 0.895. The van der Waals surface area contributed by atoms with Gasteiger partial charge in [0.05, 0.1) is 11.2 Å². The molecule has 0 fully saturated rings. The second kappa shape index (κ2) is 5.80. The van der Waals surface area contributed by atoms with E-state index in [9.17, 15) is 4.39 Å². The molecule has 0 amide bonds. The molecule has 1 aromatic carbocycles. The number of pyridine rings is 1. The van der Waals surface area contributed by atoms with Gasteiger partial charge in [-0.1, -0.05) is 17.7 Å². The second-order valence-corrected chi connectivity index (χ2v) is 4.07. The molecule has 0 bridgehead atoms. The molecule has 0 spiro atoms. The molecule has 2 rings (SSSR count). The fourth-order valence-corrected chi connectivity index (χ4v) is 1.68. The van der Waals surface area contributed by atoms with Gasteiger partial charge >= 0.3 is 0 Å². The molecule has 0 aliphatic heterocycles. The van der Waals surface area contributed by atoms with Gasteiger partial charge in [-0.3, -0.25) is 4.98 Å². The maximum Gasteiger partial charge on any atom is 0.184 e. The lowest BCUT2D eigenvalue weighted by molar-refractivity contribution is 0.435. The number of aromatic nitrogens is 1. The monoisotopic (exact) mass is 266 g/mol. The zero-order valence-corrected chi connectivity index (χ0v) is 10.5. The van der Waals surface area contributed by atoms with Crippen molar-refractivity contribution in [3.05, 3.63) is 53.1 Å². The number of rotatable bonds is 4. The molecule has 0 unspecified atom stereocenters. The molecule has 1 heterocycles. The zero-order chi connectivity index (χ0) is 13.0. The normalized spacial score (nSPS) is 10.4. The van der Waals surface area contributed by atoms with Crippen LogP contribution in [0.5, 0.6) is 11.5 Å². The van der Waals surface area contributed by atoms with Crippen molar-refractivity contribution in [2.75, 3.05) is 7.05 Å². The van der Waals surface area contributed by atoms with Crippen LogP contribution in [-0.2, 0) is 6.54 Å². The van der Waals surface area contributed by atoms with E-state index < -0.39 is 5.82 Å². The molecule has 1 aromatic heterocycles. The third kappa shape index (κ3) is 2.78. The van der Waals surface area contributed by atoms with Gasteiger partial charge in [0.15, 0.2) is 11.6 Å². The van der Waals surface area contributed by atoms with Crippen molar-refractivity contribution >= 4 is 11.6 Å². The predicted molar refractivity (Wildman–Crippen MR) is 68.5 cm³/mol. The average molecular weight is 267 g/mol. The number of ether oxygens (including phenoxy) is 1. The molecule has 18 heavy (non-hydrogen) atoms. The minimum absolute atomic E-state index is 0.0338. The van der Waals surface area contributed by atoms with Crippen LogP contribution >= 0.6 is 11.6 Å². The van der Waals surface area contributed by atoms with Gasteiger partial charge in [-0.2, -0.15) is 0 Å². The standard InChI is InChI=1S/C13H12ClFN2O/c1-16-7-9-5-6-17-8-12(9)18-11-4-2-3-10(14)13(11)15/h2-6,8,16H,7H2,1H3. The first-order chi connectivity index (χ1) is 8.72. The topological polar surface area (TPSA) is 34.2 Å². The Morgan fingerprint density at radius 2 is 2.17 bits per heavy atom. The number of benzene rings is 1. The van der Waals surface area contributed by atoms with E-state index in [1.165, 1.54) is 12.1 Å². The van der Waals surface area contributed by atoms with Gasteiger partial charge in [-0.25, -0.2) is 4.39 Å². The van der Waals surface area contributed by atoms with Crippen LogP contribution in [0.4, 0.5) is 4.39 Å². The molecule has 94 valence electrons. The molecule has 1 N–H and O–H groups in total. The molecule has 0 saturated heterocycles. The summed E-state index contributed by atoms with van der Waals surface area (Å²) >= 11 is 5.70. The molecular weight excluding hydrogens is 255 g/mol. The van der Waals surface area contributed by atoms with Gasteiger partial charge < -0.3 is 10.1 Å². The number of hydrogen-bond acceptors (Lipinski definition) is 3. The van der Waals surface area contributed by atoms with E-state index in [-0.39, 0.29) is 10.8 Å².